The first-order chi connectivity index (χ1) is 16.0. The fourth-order valence-electron chi connectivity index (χ4n) is 3.75. The fraction of sp³-hybridized carbons (Fsp3) is 0.292. The summed E-state index contributed by atoms with van der Waals surface area (Å²) in [4.78, 5) is 6.65. The number of benzene rings is 2. The van der Waals surface area contributed by atoms with E-state index in [0.29, 0.717) is 47.2 Å². The van der Waals surface area contributed by atoms with E-state index in [4.69, 9.17) is 33.1 Å². The molecule has 1 aliphatic heterocycles. The van der Waals surface area contributed by atoms with Gasteiger partial charge < -0.3 is 19.5 Å². The highest BCUT2D eigenvalue weighted by molar-refractivity contribution is 7.80. The largest absolute Gasteiger partial charge is 0.382 e. The summed E-state index contributed by atoms with van der Waals surface area (Å²) in [7, 11) is 0. The van der Waals surface area contributed by atoms with Gasteiger partial charge in [0.15, 0.2) is 5.11 Å². The summed E-state index contributed by atoms with van der Waals surface area (Å²) in [5.74, 6) is 0.435. The van der Waals surface area contributed by atoms with Crippen LogP contribution in [0, 0.1) is 5.82 Å². The van der Waals surface area contributed by atoms with Gasteiger partial charge in [-0.05, 0) is 74.4 Å². The highest BCUT2D eigenvalue weighted by Crippen LogP contribution is 2.37. The van der Waals surface area contributed by atoms with Crippen molar-refractivity contribution >= 4 is 34.5 Å². The lowest BCUT2D eigenvalue weighted by Crippen LogP contribution is -2.46. The Labute approximate surface area is 202 Å². The van der Waals surface area contributed by atoms with Crippen molar-refractivity contribution < 1.29 is 13.7 Å². The third-order valence-corrected chi connectivity index (χ3v) is 6.02. The molecule has 0 amide bonds. The van der Waals surface area contributed by atoms with Crippen LogP contribution in [0.5, 0.6) is 0 Å². The number of nitrogens with zero attached hydrogens (tertiary/aromatic N) is 3. The number of rotatable bonds is 8. The van der Waals surface area contributed by atoms with E-state index in [1.807, 2.05) is 43.0 Å². The molecule has 1 aromatic heterocycles. The summed E-state index contributed by atoms with van der Waals surface area (Å²) in [6, 6.07) is 13.2. The number of ether oxygens (including phenoxy) is 1. The normalized spacial score (nSPS) is 16.3. The van der Waals surface area contributed by atoms with Crippen molar-refractivity contribution in [3.63, 3.8) is 0 Å². The van der Waals surface area contributed by atoms with Crippen LogP contribution in [0.4, 0.5) is 4.39 Å². The molecule has 172 valence electrons. The van der Waals surface area contributed by atoms with Gasteiger partial charge >= 0.3 is 0 Å². The summed E-state index contributed by atoms with van der Waals surface area (Å²) in [6.07, 6.45) is 0.816. The second-order valence-electron chi connectivity index (χ2n) is 7.57. The maximum atomic E-state index is 13.3. The Hall–Kier alpha value is -2.81. The summed E-state index contributed by atoms with van der Waals surface area (Å²) in [5, 5.41) is 8.82. The van der Waals surface area contributed by atoms with Gasteiger partial charge in [0.05, 0.1) is 11.6 Å². The number of aromatic nitrogens is 2. The summed E-state index contributed by atoms with van der Waals surface area (Å²) >= 11 is 11.8. The first kappa shape index (κ1) is 23.4. The van der Waals surface area contributed by atoms with E-state index in [1.54, 1.807) is 12.1 Å². The lowest BCUT2D eigenvalue weighted by molar-refractivity contribution is 0.141. The highest BCUT2D eigenvalue weighted by Gasteiger charge is 2.33. The third kappa shape index (κ3) is 5.24. The number of halogens is 2. The lowest BCUT2D eigenvalue weighted by Gasteiger charge is -2.37. The molecular formula is C24H24ClFN4O2S. The monoisotopic (exact) mass is 486 g/mol. The number of thiocarbonyl (C=S) groups is 1. The van der Waals surface area contributed by atoms with Crippen LogP contribution in [-0.2, 0) is 4.74 Å². The topological polar surface area (TPSA) is 63.4 Å². The Morgan fingerprint density at radius 2 is 1.91 bits per heavy atom. The first-order valence-corrected chi connectivity index (χ1v) is 11.5. The molecule has 6 nitrogen and oxygen atoms in total. The van der Waals surface area contributed by atoms with Crippen molar-refractivity contribution in [2.75, 3.05) is 19.8 Å². The van der Waals surface area contributed by atoms with E-state index in [-0.39, 0.29) is 11.9 Å². The van der Waals surface area contributed by atoms with Crippen molar-refractivity contribution in [3.8, 4) is 11.4 Å². The van der Waals surface area contributed by atoms with Crippen LogP contribution in [0.3, 0.4) is 0 Å². The number of hydrogen-bond acceptors (Lipinski definition) is 5. The molecule has 1 aliphatic rings. The molecule has 1 unspecified atom stereocenters. The maximum absolute atomic E-state index is 13.3. The van der Waals surface area contributed by atoms with E-state index >= 15 is 0 Å². The van der Waals surface area contributed by atoms with Gasteiger partial charge in [0.2, 0.25) is 5.82 Å². The van der Waals surface area contributed by atoms with Gasteiger partial charge in [-0.25, -0.2) is 4.39 Å². The molecule has 0 fully saturated rings. The fourth-order valence-corrected chi connectivity index (χ4v) is 4.22. The van der Waals surface area contributed by atoms with Gasteiger partial charge in [0.1, 0.15) is 5.82 Å². The number of nitrogens with one attached hydrogen (secondary N) is 1. The third-order valence-electron chi connectivity index (χ3n) is 5.43. The number of hydrogen-bond donors (Lipinski definition) is 1. The van der Waals surface area contributed by atoms with Crippen LogP contribution in [0.15, 0.2) is 58.8 Å². The molecule has 3 aromatic rings. The molecule has 2 aromatic carbocycles. The predicted molar refractivity (Wildman–Crippen MR) is 130 cm³/mol. The van der Waals surface area contributed by atoms with Gasteiger partial charge in [0.25, 0.3) is 5.89 Å². The molecule has 4 rings (SSSR count). The Morgan fingerprint density at radius 3 is 2.61 bits per heavy atom. The van der Waals surface area contributed by atoms with Gasteiger partial charge in [-0.1, -0.05) is 28.9 Å². The van der Waals surface area contributed by atoms with Crippen LogP contribution in [0.2, 0.25) is 5.02 Å². The molecule has 0 saturated carbocycles. The first-order valence-electron chi connectivity index (χ1n) is 10.7. The Morgan fingerprint density at radius 1 is 1.18 bits per heavy atom. The standard InChI is InChI=1S/C24H24ClFN4O2S/c1-3-31-14-4-13-30-15(2)20(21(27-24(30)33)16-5-9-18(25)10-6-16)23-28-22(29-32-23)17-7-11-19(26)12-8-17/h5-12,21H,3-4,13-14H2,1-2H3,(H,27,33). The summed E-state index contributed by atoms with van der Waals surface area (Å²) < 4.78 is 24.5. The number of allylic oxidation sites excluding steroid dienone is 1. The van der Waals surface area contributed by atoms with Crippen molar-refractivity contribution in [3.05, 3.63) is 76.5 Å². The van der Waals surface area contributed by atoms with Crippen LogP contribution < -0.4 is 5.32 Å². The second kappa shape index (κ2) is 10.4. The molecule has 1 atom stereocenters. The SMILES string of the molecule is CCOCCCN1C(=S)NC(c2ccc(Cl)cc2)C(c2nc(-c3ccc(F)cc3)no2)=C1C. The summed E-state index contributed by atoms with van der Waals surface area (Å²) in [6.45, 7) is 5.98. The van der Waals surface area contributed by atoms with Gasteiger partial charge in [-0.2, -0.15) is 4.98 Å². The zero-order valence-electron chi connectivity index (χ0n) is 18.3. The van der Waals surface area contributed by atoms with Gasteiger partial charge in [-0.15, -0.1) is 0 Å². The molecule has 1 N–H and O–H groups in total. The van der Waals surface area contributed by atoms with Crippen molar-refractivity contribution in [1.29, 1.82) is 0 Å². The average molecular weight is 487 g/mol. The Bertz CT molecular complexity index is 1150. The van der Waals surface area contributed by atoms with Crippen molar-refractivity contribution in [2.45, 2.75) is 26.3 Å². The second-order valence-corrected chi connectivity index (χ2v) is 8.39. The highest BCUT2D eigenvalue weighted by atomic mass is 35.5. The van der Waals surface area contributed by atoms with E-state index in [1.165, 1.54) is 12.1 Å². The molecule has 9 heteroatoms. The lowest BCUT2D eigenvalue weighted by atomic mass is 9.95. The average Bonchev–Trinajstić information content (AvgIpc) is 3.29. The summed E-state index contributed by atoms with van der Waals surface area (Å²) in [5.41, 5.74) is 3.37. The van der Waals surface area contributed by atoms with Gasteiger partial charge in [-0.3, -0.25) is 0 Å². The minimum Gasteiger partial charge on any atom is -0.382 e. The van der Waals surface area contributed by atoms with E-state index in [0.717, 1.165) is 23.3 Å². The van der Waals surface area contributed by atoms with Crippen molar-refractivity contribution in [1.82, 2.24) is 20.4 Å². The minimum atomic E-state index is -0.323. The zero-order valence-corrected chi connectivity index (χ0v) is 19.9. The molecule has 2 heterocycles. The molecular weight excluding hydrogens is 463 g/mol. The van der Waals surface area contributed by atoms with Crippen LogP contribution in [-0.4, -0.2) is 39.9 Å². The molecule has 0 radical (unpaired) electrons. The van der Waals surface area contributed by atoms with Crippen LogP contribution in [0.25, 0.3) is 17.0 Å². The quantitative estimate of drug-likeness (QED) is 0.327. The smallest absolute Gasteiger partial charge is 0.258 e. The zero-order chi connectivity index (χ0) is 23.4. The Kier molecular flexibility index (Phi) is 7.37. The minimum absolute atomic E-state index is 0.292. The molecule has 0 saturated heterocycles. The van der Waals surface area contributed by atoms with Gasteiger partial charge in [0, 0.05) is 36.0 Å². The van der Waals surface area contributed by atoms with E-state index < -0.39 is 0 Å². The van der Waals surface area contributed by atoms with E-state index in [9.17, 15) is 4.39 Å². The maximum Gasteiger partial charge on any atom is 0.258 e. The Balaban J connectivity index is 1.73. The van der Waals surface area contributed by atoms with E-state index in [2.05, 4.69) is 15.5 Å². The van der Waals surface area contributed by atoms with Crippen LogP contribution in [0.1, 0.15) is 37.8 Å². The molecule has 33 heavy (non-hydrogen) atoms. The molecule has 0 aliphatic carbocycles. The molecule has 0 spiro atoms. The predicted octanol–water partition coefficient (Wildman–Crippen LogP) is 5.62. The van der Waals surface area contributed by atoms with Crippen LogP contribution >= 0.6 is 23.8 Å². The molecule has 0 bridgehead atoms. The van der Waals surface area contributed by atoms with Crippen molar-refractivity contribution in [2.24, 2.45) is 0 Å².